The summed E-state index contributed by atoms with van der Waals surface area (Å²) in [6.45, 7) is 22.9. The van der Waals surface area contributed by atoms with Gasteiger partial charge in [-0.3, -0.25) is 0 Å². The average molecular weight is 323 g/mol. The molecule has 0 aromatic heterocycles. The molecule has 0 aliphatic heterocycles. The first-order chi connectivity index (χ1) is 11.1. The maximum Gasteiger partial charge on any atom is -0.0114 e. The van der Waals surface area contributed by atoms with Crippen LogP contribution in [0.3, 0.4) is 0 Å². The van der Waals surface area contributed by atoms with Gasteiger partial charge in [-0.2, -0.15) is 0 Å². The van der Waals surface area contributed by atoms with Crippen molar-refractivity contribution < 1.29 is 0 Å². The van der Waals surface area contributed by atoms with Crippen LogP contribution in [-0.2, 0) is 6.42 Å². The average Bonchev–Trinajstić information content (AvgIpc) is 2.56. The lowest BCUT2D eigenvalue weighted by molar-refractivity contribution is 0.897. The minimum absolute atomic E-state index is 1.18. The third-order valence-electron chi connectivity index (χ3n) is 6.53. The van der Waals surface area contributed by atoms with Gasteiger partial charge in [-0.05, 0) is 135 Å². The Bertz CT molecular complexity index is 746. The lowest BCUT2D eigenvalue weighted by atomic mass is 9.79. The van der Waals surface area contributed by atoms with Crippen LogP contribution in [0.5, 0.6) is 0 Å². The molecule has 0 spiro atoms. The summed E-state index contributed by atoms with van der Waals surface area (Å²) < 4.78 is 0. The van der Waals surface area contributed by atoms with Gasteiger partial charge >= 0.3 is 0 Å². The smallest absolute Gasteiger partial charge is 0.0114 e. The molecule has 0 heterocycles. The molecule has 0 amide bonds. The molecule has 0 N–H and O–H groups in total. The van der Waals surface area contributed by atoms with E-state index in [1.165, 1.54) is 74.0 Å². The molecule has 0 nitrogen and oxygen atoms in total. The molecule has 0 fully saturated rings. The molecule has 0 atom stereocenters. The number of hydrogen-bond acceptors (Lipinski definition) is 0. The van der Waals surface area contributed by atoms with Crippen LogP contribution in [0.1, 0.15) is 69.0 Å². The first-order valence-electron chi connectivity index (χ1n) is 9.31. The Balaban J connectivity index is 2.95. The van der Waals surface area contributed by atoms with E-state index in [-0.39, 0.29) is 0 Å². The van der Waals surface area contributed by atoms with E-state index in [1.54, 1.807) is 5.56 Å². The molecular weight excluding hydrogens is 288 g/mol. The highest BCUT2D eigenvalue weighted by Gasteiger charge is 2.20. The number of hydrogen-bond donors (Lipinski definition) is 0. The summed E-state index contributed by atoms with van der Waals surface area (Å²) in [6.07, 6.45) is 2.39. The van der Waals surface area contributed by atoms with Gasteiger partial charge in [-0.15, -0.1) is 0 Å². The molecule has 0 radical (unpaired) electrons. The van der Waals surface area contributed by atoms with Crippen molar-refractivity contribution in [1.82, 2.24) is 0 Å². The number of rotatable bonds is 3. The molecule has 24 heavy (non-hydrogen) atoms. The van der Waals surface area contributed by atoms with Crippen LogP contribution in [0.25, 0.3) is 11.1 Å². The SMILES string of the molecule is CCCc1c(C)c(C)c(-c2c(C)c(C)c(C)c(C)c2C)c(C)c1C. The standard InChI is InChI=1S/C24H34/c1-11-12-22-16(5)20(9)24(21(10)17(22)6)23-18(7)14(3)13(2)15(4)19(23)8/h11-12H2,1-10H3. The Labute approximate surface area is 149 Å². The molecule has 0 aliphatic carbocycles. The summed E-state index contributed by atoms with van der Waals surface area (Å²) in [4.78, 5) is 0. The maximum absolute atomic E-state index is 2.32. The van der Waals surface area contributed by atoms with Gasteiger partial charge in [-0.1, -0.05) is 13.3 Å². The Hall–Kier alpha value is -1.56. The van der Waals surface area contributed by atoms with Crippen molar-refractivity contribution in [3.8, 4) is 11.1 Å². The lowest BCUT2D eigenvalue weighted by Gasteiger charge is -2.25. The summed E-state index contributed by atoms with van der Waals surface area (Å²) in [7, 11) is 0. The molecule has 2 rings (SSSR count). The van der Waals surface area contributed by atoms with Gasteiger partial charge in [0.05, 0.1) is 0 Å². The van der Waals surface area contributed by atoms with Crippen molar-refractivity contribution in [3.63, 3.8) is 0 Å². The van der Waals surface area contributed by atoms with Crippen molar-refractivity contribution in [2.75, 3.05) is 0 Å². The first kappa shape index (κ1) is 18.8. The Morgan fingerprint density at radius 1 is 0.417 bits per heavy atom. The molecule has 0 saturated carbocycles. The fraction of sp³-hybridized carbons (Fsp3) is 0.500. The zero-order valence-corrected chi connectivity index (χ0v) is 17.4. The second-order valence-corrected chi connectivity index (χ2v) is 7.60. The van der Waals surface area contributed by atoms with Crippen molar-refractivity contribution in [3.05, 3.63) is 55.6 Å². The predicted octanol–water partition coefficient (Wildman–Crippen LogP) is 7.08. The molecule has 2 aromatic carbocycles. The van der Waals surface area contributed by atoms with Crippen LogP contribution in [-0.4, -0.2) is 0 Å². The maximum atomic E-state index is 2.32. The molecule has 2 aromatic rings. The third-order valence-corrected chi connectivity index (χ3v) is 6.53. The minimum atomic E-state index is 1.18. The van der Waals surface area contributed by atoms with Crippen molar-refractivity contribution in [1.29, 1.82) is 0 Å². The normalized spacial score (nSPS) is 11.2. The second kappa shape index (κ2) is 6.75. The Morgan fingerprint density at radius 2 is 0.708 bits per heavy atom. The van der Waals surface area contributed by atoms with Gasteiger partial charge < -0.3 is 0 Å². The van der Waals surface area contributed by atoms with Crippen molar-refractivity contribution in [2.24, 2.45) is 0 Å². The third kappa shape index (κ3) is 2.70. The van der Waals surface area contributed by atoms with E-state index in [4.69, 9.17) is 0 Å². The molecule has 0 saturated heterocycles. The van der Waals surface area contributed by atoms with Crippen molar-refractivity contribution >= 4 is 0 Å². The van der Waals surface area contributed by atoms with Crippen LogP contribution in [0.2, 0.25) is 0 Å². The van der Waals surface area contributed by atoms with Crippen LogP contribution in [0.15, 0.2) is 0 Å². The van der Waals surface area contributed by atoms with Crippen molar-refractivity contribution in [2.45, 2.75) is 82.1 Å². The fourth-order valence-corrected chi connectivity index (χ4v) is 4.27. The van der Waals surface area contributed by atoms with E-state index >= 15 is 0 Å². The highest BCUT2D eigenvalue weighted by molar-refractivity contribution is 5.81. The molecule has 0 unspecified atom stereocenters. The molecular formula is C24H34. The van der Waals surface area contributed by atoms with Crippen LogP contribution < -0.4 is 0 Å². The molecule has 0 heteroatoms. The fourth-order valence-electron chi connectivity index (χ4n) is 4.27. The Morgan fingerprint density at radius 3 is 1.04 bits per heavy atom. The quantitative estimate of drug-likeness (QED) is 0.566. The zero-order chi connectivity index (χ0) is 18.3. The zero-order valence-electron chi connectivity index (χ0n) is 17.4. The van der Waals surface area contributed by atoms with Crippen LogP contribution in [0.4, 0.5) is 0 Å². The van der Waals surface area contributed by atoms with E-state index < -0.39 is 0 Å². The summed E-state index contributed by atoms with van der Waals surface area (Å²) in [5.74, 6) is 0. The monoisotopic (exact) mass is 322 g/mol. The summed E-state index contributed by atoms with van der Waals surface area (Å²) in [6, 6.07) is 0. The van der Waals surface area contributed by atoms with E-state index in [1.807, 2.05) is 0 Å². The highest BCUT2D eigenvalue weighted by Crippen LogP contribution is 2.40. The van der Waals surface area contributed by atoms with E-state index in [9.17, 15) is 0 Å². The molecule has 130 valence electrons. The Kier molecular flexibility index (Phi) is 5.28. The first-order valence-corrected chi connectivity index (χ1v) is 9.31. The minimum Gasteiger partial charge on any atom is -0.0651 e. The number of benzene rings is 2. The lowest BCUT2D eigenvalue weighted by Crippen LogP contribution is -2.06. The van der Waals surface area contributed by atoms with E-state index in [2.05, 4.69) is 69.2 Å². The predicted molar refractivity (Wildman–Crippen MR) is 109 cm³/mol. The van der Waals surface area contributed by atoms with E-state index in [0.29, 0.717) is 0 Å². The summed E-state index contributed by atoms with van der Waals surface area (Å²) in [5.41, 5.74) is 17.7. The largest absolute Gasteiger partial charge is 0.0651 e. The topological polar surface area (TPSA) is 0 Å². The second-order valence-electron chi connectivity index (χ2n) is 7.60. The van der Waals surface area contributed by atoms with Crippen LogP contribution >= 0.6 is 0 Å². The van der Waals surface area contributed by atoms with Crippen LogP contribution in [0, 0.1) is 62.3 Å². The summed E-state index contributed by atoms with van der Waals surface area (Å²) >= 11 is 0. The van der Waals surface area contributed by atoms with Gasteiger partial charge in [0.25, 0.3) is 0 Å². The summed E-state index contributed by atoms with van der Waals surface area (Å²) in [5, 5.41) is 0. The molecule has 0 aliphatic rings. The molecule has 0 bridgehead atoms. The van der Waals surface area contributed by atoms with E-state index in [0.717, 1.165) is 0 Å². The highest BCUT2D eigenvalue weighted by atomic mass is 14.2. The van der Waals surface area contributed by atoms with Gasteiger partial charge in [-0.25, -0.2) is 0 Å². The van der Waals surface area contributed by atoms with Gasteiger partial charge in [0.2, 0.25) is 0 Å². The van der Waals surface area contributed by atoms with Gasteiger partial charge in [0.15, 0.2) is 0 Å². The van der Waals surface area contributed by atoms with Gasteiger partial charge in [0.1, 0.15) is 0 Å². The van der Waals surface area contributed by atoms with Gasteiger partial charge in [0, 0.05) is 0 Å².